The molecule has 3 aromatic rings. The van der Waals surface area contributed by atoms with Gasteiger partial charge in [0.2, 0.25) is 5.82 Å². The van der Waals surface area contributed by atoms with Crippen molar-refractivity contribution in [2.75, 3.05) is 6.61 Å². The van der Waals surface area contributed by atoms with Crippen molar-refractivity contribution in [3.8, 4) is 22.9 Å². The van der Waals surface area contributed by atoms with E-state index in [-0.39, 0.29) is 12.6 Å². The van der Waals surface area contributed by atoms with Crippen LogP contribution in [0.1, 0.15) is 47.1 Å². The van der Waals surface area contributed by atoms with Gasteiger partial charge < -0.3 is 14.2 Å². The lowest BCUT2D eigenvalue weighted by Crippen LogP contribution is -2.27. The molecule has 0 spiro atoms. The second-order valence-corrected chi connectivity index (χ2v) is 9.83. The molecule has 0 aliphatic heterocycles. The Morgan fingerprint density at radius 1 is 0.941 bits per heavy atom. The Balaban J connectivity index is 1.60. The summed E-state index contributed by atoms with van der Waals surface area (Å²) in [6.45, 7) is 11.0. The first kappa shape index (κ1) is 24.9. The average Bonchev–Trinajstić information content (AvgIpc) is 3.19. The molecule has 0 N–H and O–H groups in total. The van der Waals surface area contributed by atoms with E-state index in [0.717, 1.165) is 11.1 Å². The molecule has 0 amide bonds. The summed E-state index contributed by atoms with van der Waals surface area (Å²) in [7, 11) is 0. The van der Waals surface area contributed by atoms with Crippen molar-refractivity contribution < 1.29 is 23.8 Å². The summed E-state index contributed by atoms with van der Waals surface area (Å²) in [5.41, 5.74) is 0.489. The van der Waals surface area contributed by atoms with Crippen LogP contribution in [0.2, 0.25) is 0 Å². The zero-order valence-corrected chi connectivity index (χ0v) is 20.4. The van der Waals surface area contributed by atoms with Crippen molar-refractivity contribution >= 4 is 11.9 Å². The lowest BCUT2D eigenvalue weighted by atomic mass is 9.97. The van der Waals surface area contributed by atoms with E-state index in [0.29, 0.717) is 23.9 Å². The summed E-state index contributed by atoms with van der Waals surface area (Å²) >= 11 is 0. The molecule has 9 heteroatoms. The van der Waals surface area contributed by atoms with E-state index in [1.54, 1.807) is 71.9 Å². The maximum Gasteiger partial charge on any atom is 0.344 e. The number of carbonyl (C=O) groups is 2. The van der Waals surface area contributed by atoms with Gasteiger partial charge in [0.25, 0.3) is 0 Å². The Bertz CT molecular complexity index is 1140. The van der Waals surface area contributed by atoms with Gasteiger partial charge in [-0.1, -0.05) is 12.1 Å². The van der Waals surface area contributed by atoms with Crippen LogP contribution in [0.25, 0.3) is 11.4 Å². The van der Waals surface area contributed by atoms with Gasteiger partial charge in [0.1, 0.15) is 17.1 Å². The number of carbonyl (C=O) groups excluding carboxylic acids is 2. The van der Waals surface area contributed by atoms with Gasteiger partial charge in [-0.2, -0.15) is 4.80 Å². The fourth-order valence-corrected chi connectivity index (χ4v) is 2.77. The van der Waals surface area contributed by atoms with Crippen LogP contribution in [0.15, 0.2) is 48.5 Å². The largest absolute Gasteiger partial charge is 0.482 e. The molecule has 34 heavy (non-hydrogen) atoms. The molecular weight excluding hydrogens is 436 g/mol. The van der Waals surface area contributed by atoms with Crippen LogP contribution in [0.3, 0.4) is 0 Å². The highest BCUT2D eigenvalue weighted by Crippen LogP contribution is 2.22. The number of rotatable bonds is 7. The van der Waals surface area contributed by atoms with Crippen molar-refractivity contribution in [1.29, 1.82) is 0 Å². The van der Waals surface area contributed by atoms with E-state index < -0.39 is 17.0 Å². The highest BCUT2D eigenvalue weighted by Gasteiger charge is 2.23. The molecule has 0 unspecified atom stereocenters. The SMILES string of the molecule is CC(C)(C)OC(=O)COc1cccc(Cn2nnc(-c3ccc(OC(=O)C(C)(C)C)cc3)n2)c1. The van der Waals surface area contributed by atoms with Crippen molar-refractivity contribution in [2.24, 2.45) is 5.41 Å². The molecule has 0 saturated carbocycles. The third-order valence-corrected chi connectivity index (χ3v) is 4.39. The van der Waals surface area contributed by atoms with Crippen LogP contribution in [-0.2, 0) is 20.9 Å². The zero-order valence-electron chi connectivity index (χ0n) is 20.4. The molecule has 180 valence electrons. The molecule has 0 atom stereocenters. The number of hydrogen-bond acceptors (Lipinski definition) is 8. The minimum absolute atomic E-state index is 0.173. The highest BCUT2D eigenvalue weighted by molar-refractivity contribution is 5.78. The first-order valence-electron chi connectivity index (χ1n) is 10.9. The van der Waals surface area contributed by atoms with E-state index in [9.17, 15) is 9.59 Å². The summed E-state index contributed by atoms with van der Waals surface area (Å²) in [5.74, 6) is 0.718. The third-order valence-electron chi connectivity index (χ3n) is 4.39. The predicted molar refractivity (Wildman–Crippen MR) is 125 cm³/mol. The molecule has 0 radical (unpaired) electrons. The fraction of sp³-hybridized carbons (Fsp3) is 0.400. The highest BCUT2D eigenvalue weighted by atomic mass is 16.6. The van der Waals surface area contributed by atoms with Gasteiger partial charge in [0.15, 0.2) is 6.61 Å². The molecule has 0 aliphatic rings. The van der Waals surface area contributed by atoms with Crippen LogP contribution in [0, 0.1) is 5.41 Å². The number of esters is 2. The van der Waals surface area contributed by atoms with E-state index in [1.807, 2.05) is 18.2 Å². The van der Waals surface area contributed by atoms with Crippen molar-refractivity contribution in [3.05, 3.63) is 54.1 Å². The van der Waals surface area contributed by atoms with Crippen LogP contribution in [0.4, 0.5) is 0 Å². The third kappa shape index (κ3) is 7.40. The molecule has 0 aliphatic carbocycles. The zero-order chi connectivity index (χ0) is 24.9. The predicted octanol–water partition coefficient (Wildman–Crippen LogP) is 4.06. The van der Waals surface area contributed by atoms with Crippen LogP contribution in [0.5, 0.6) is 11.5 Å². The number of ether oxygens (including phenoxy) is 3. The van der Waals surface area contributed by atoms with Crippen molar-refractivity contribution in [1.82, 2.24) is 20.2 Å². The van der Waals surface area contributed by atoms with E-state index in [4.69, 9.17) is 14.2 Å². The monoisotopic (exact) mass is 466 g/mol. The molecule has 9 nitrogen and oxygen atoms in total. The fourth-order valence-electron chi connectivity index (χ4n) is 2.77. The molecule has 2 aromatic carbocycles. The van der Waals surface area contributed by atoms with Gasteiger partial charge >= 0.3 is 11.9 Å². The summed E-state index contributed by atoms with van der Waals surface area (Å²) < 4.78 is 16.2. The number of benzene rings is 2. The Labute approximate surface area is 199 Å². The summed E-state index contributed by atoms with van der Waals surface area (Å²) in [6.07, 6.45) is 0. The first-order chi connectivity index (χ1) is 15.9. The first-order valence-corrected chi connectivity index (χ1v) is 10.9. The average molecular weight is 467 g/mol. The standard InChI is InChI=1S/C25H30N4O5/c1-24(2,3)23(31)33-19-12-10-18(11-13-19)22-26-28-29(27-22)15-17-8-7-9-20(14-17)32-16-21(30)34-25(4,5)6/h7-14H,15-16H2,1-6H3. The normalized spacial score (nSPS) is 11.7. The maximum atomic E-state index is 12.0. The lowest BCUT2D eigenvalue weighted by Gasteiger charge is -2.19. The summed E-state index contributed by atoms with van der Waals surface area (Å²) in [5, 5.41) is 12.6. The Morgan fingerprint density at radius 2 is 1.65 bits per heavy atom. The van der Waals surface area contributed by atoms with Gasteiger partial charge in [0, 0.05) is 5.56 Å². The smallest absolute Gasteiger partial charge is 0.344 e. The minimum atomic E-state index is -0.582. The quantitative estimate of drug-likeness (QED) is 0.379. The lowest BCUT2D eigenvalue weighted by molar-refractivity contribution is -0.157. The van der Waals surface area contributed by atoms with Gasteiger partial charge in [-0.25, -0.2) is 4.79 Å². The number of tetrazole rings is 1. The van der Waals surface area contributed by atoms with Crippen molar-refractivity contribution in [3.63, 3.8) is 0 Å². The van der Waals surface area contributed by atoms with E-state index in [1.165, 1.54) is 4.80 Å². The van der Waals surface area contributed by atoms with Gasteiger partial charge in [-0.05, 0) is 88.7 Å². The molecule has 0 saturated heterocycles. The molecule has 1 aromatic heterocycles. The van der Waals surface area contributed by atoms with Crippen LogP contribution in [-0.4, -0.2) is 44.4 Å². The Morgan fingerprint density at radius 3 is 2.29 bits per heavy atom. The van der Waals surface area contributed by atoms with Gasteiger partial charge in [-0.3, -0.25) is 4.79 Å². The molecule has 1 heterocycles. The van der Waals surface area contributed by atoms with Crippen LogP contribution < -0.4 is 9.47 Å². The Kier molecular flexibility index (Phi) is 7.34. The summed E-state index contributed by atoms with van der Waals surface area (Å²) in [4.78, 5) is 25.4. The second-order valence-electron chi connectivity index (χ2n) is 9.83. The Hall–Kier alpha value is -3.75. The number of aromatic nitrogens is 4. The topological polar surface area (TPSA) is 105 Å². The van der Waals surface area contributed by atoms with Crippen molar-refractivity contribution in [2.45, 2.75) is 53.7 Å². The molecule has 0 bridgehead atoms. The van der Waals surface area contributed by atoms with Gasteiger partial charge in [-0.15, -0.1) is 10.2 Å². The minimum Gasteiger partial charge on any atom is -0.482 e. The molecule has 3 rings (SSSR count). The van der Waals surface area contributed by atoms with Crippen LogP contribution >= 0.6 is 0 Å². The van der Waals surface area contributed by atoms with E-state index >= 15 is 0 Å². The van der Waals surface area contributed by atoms with Gasteiger partial charge in [0.05, 0.1) is 12.0 Å². The number of nitrogens with zero attached hydrogens (tertiary/aromatic N) is 4. The number of hydrogen-bond donors (Lipinski definition) is 0. The second kappa shape index (κ2) is 10.0. The molecular formula is C25H30N4O5. The summed E-state index contributed by atoms with van der Waals surface area (Å²) in [6, 6.07) is 14.3. The molecule has 0 fully saturated rings. The van der Waals surface area contributed by atoms with E-state index in [2.05, 4.69) is 15.4 Å². The maximum absolute atomic E-state index is 12.0.